The van der Waals surface area contributed by atoms with E-state index >= 15 is 0 Å². The second kappa shape index (κ2) is 5.87. The van der Waals surface area contributed by atoms with Crippen molar-refractivity contribution < 1.29 is 18.0 Å². The van der Waals surface area contributed by atoms with E-state index in [1.54, 1.807) is 4.90 Å². The van der Waals surface area contributed by atoms with E-state index in [9.17, 15) is 18.0 Å². The summed E-state index contributed by atoms with van der Waals surface area (Å²) in [4.78, 5) is 14.0. The van der Waals surface area contributed by atoms with Gasteiger partial charge >= 0.3 is 6.18 Å². The smallest absolute Gasteiger partial charge is 0.334 e. The van der Waals surface area contributed by atoms with Gasteiger partial charge in [-0.1, -0.05) is 0 Å². The van der Waals surface area contributed by atoms with Crippen molar-refractivity contribution in [2.75, 3.05) is 13.1 Å². The Labute approximate surface area is 115 Å². The summed E-state index contributed by atoms with van der Waals surface area (Å²) < 4.78 is 38.4. The fourth-order valence-electron chi connectivity index (χ4n) is 2.60. The van der Waals surface area contributed by atoms with Crippen LogP contribution in [0.15, 0.2) is 18.3 Å². The highest BCUT2D eigenvalue weighted by Crippen LogP contribution is 2.22. The quantitative estimate of drug-likeness (QED) is 0.925. The average molecular weight is 289 g/mol. The largest absolute Gasteiger partial charge is 0.406 e. The summed E-state index contributed by atoms with van der Waals surface area (Å²) in [6.45, 7) is -0.258. The summed E-state index contributed by atoms with van der Waals surface area (Å²) in [5.41, 5.74) is 5.72. The lowest BCUT2D eigenvalue weighted by Gasteiger charge is -2.35. The van der Waals surface area contributed by atoms with E-state index in [1.807, 2.05) is 0 Å². The number of amides is 1. The molecule has 20 heavy (non-hydrogen) atoms. The molecule has 1 fully saturated rings. The number of carbonyl (C=O) groups is 1. The second-order valence-corrected chi connectivity index (χ2v) is 5.02. The van der Waals surface area contributed by atoms with Gasteiger partial charge in [0.15, 0.2) is 0 Å². The minimum Gasteiger partial charge on any atom is -0.334 e. The number of likely N-dealkylation sites (tertiary alicyclic amines) is 1. The molecule has 1 aliphatic heterocycles. The van der Waals surface area contributed by atoms with Gasteiger partial charge in [0.25, 0.3) is 5.91 Å². The number of carbonyl (C=O) groups excluding carboxylic acids is 1. The number of nitrogens with two attached hydrogens (primary N) is 1. The first-order chi connectivity index (χ1) is 9.42. The number of halogens is 3. The van der Waals surface area contributed by atoms with Crippen LogP contribution in [0.4, 0.5) is 13.2 Å². The Morgan fingerprint density at radius 2 is 2.15 bits per heavy atom. The fourth-order valence-corrected chi connectivity index (χ4v) is 2.60. The van der Waals surface area contributed by atoms with Crippen LogP contribution in [0.25, 0.3) is 0 Å². The highest BCUT2D eigenvalue weighted by atomic mass is 19.4. The summed E-state index contributed by atoms with van der Waals surface area (Å²) in [5, 5.41) is 0. The number of hydrogen-bond acceptors (Lipinski definition) is 2. The normalized spacial score (nSPS) is 20.2. The third kappa shape index (κ3) is 3.33. The van der Waals surface area contributed by atoms with Crippen molar-refractivity contribution in [3.8, 4) is 0 Å². The standard InChI is InChI=1S/C13H18F3N3O/c14-13(15,16)9-18-6-3-5-11(18)12(20)19-7-2-1-4-10(19)8-17/h3,5-6,10H,1-2,4,7-9,17H2. The van der Waals surface area contributed by atoms with Gasteiger partial charge in [0.1, 0.15) is 12.2 Å². The van der Waals surface area contributed by atoms with Crippen molar-refractivity contribution in [3.63, 3.8) is 0 Å². The molecular formula is C13H18F3N3O. The zero-order valence-corrected chi connectivity index (χ0v) is 11.1. The van der Waals surface area contributed by atoms with Crippen molar-refractivity contribution >= 4 is 5.91 Å². The summed E-state index contributed by atoms with van der Waals surface area (Å²) >= 11 is 0. The number of rotatable bonds is 3. The molecular weight excluding hydrogens is 271 g/mol. The molecule has 2 rings (SSSR count). The molecule has 1 unspecified atom stereocenters. The molecule has 0 saturated carbocycles. The van der Waals surface area contributed by atoms with Crippen molar-refractivity contribution in [2.24, 2.45) is 5.73 Å². The van der Waals surface area contributed by atoms with Gasteiger partial charge in [-0.3, -0.25) is 4.79 Å². The van der Waals surface area contributed by atoms with Gasteiger partial charge in [-0.25, -0.2) is 0 Å². The Morgan fingerprint density at radius 3 is 2.80 bits per heavy atom. The Balaban J connectivity index is 2.18. The maximum atomic E-state index is 12.5. The van der Waals surface area contributed by atoms with Gasteiger partial charge in [-0.2, -0.15) is 13.2 Å². The van der Waals surface area contributed by atoms with Crippen molar-refractivity contribution in [2.45, 2.75) is 38.0 Å². The third-order valence-corrected chi connectivity index (χ3v) is 3.56. The van der Waals surface area contributed by atoms with Crippen LogP contribution in [-0.4, -0.2) is 40.7 Å². The summed E-state index contributed by atoms with van der Waals surface area (Å²) in [7, 11) is 0. The molecule has 2 N–H and O–H groups in total. The van der Waals surface area contributed by atoms with E-state index in [4.69, 9.17) is 5.73 Å². The predicted octanol–water partition coefficient (Wildman–Crippen LogP) is 2.00. The molecule has 1 atom stereocenters. The van der Waals surface area contributed by atoms with Gasteiger partial charge in [0, 0.05) is 25.3 Å². The van der Waals surface area contributed by atoms with Gasteiger partial charge in [-0.05, 0) is 31.4 Å². The first-order valence-corrected chi connectivity index (χ1v) is 6.65. The maximum Gasteiger partial charge on any atom is 0.406 e. The Morgan fingerprint density at radius 1 is 1.40 bits per heavy atom. The minimum absolute atomic E-state index is 0.0719. The minimum atomic E-state index is -4.34. The summed E-state index contributed by atoms with van der Waals surface area (Å²) in [5.74, 6) is -0.366. The topological polar surface area (TPSA) is 51.3 Å². The molecule has 2 heterocycles. The fraction of sp³-hybridized carbons (Fsp3) is 0.615. The number of aromatic nitrogens is 1. The first kappa shape index (κ1) is 14.9. The van der Waals surface area contributed by atoms with E-state index in [0.29, 0.717) is 13.1 Å². The Kier molecular flexibility index (Phi) is 4.37. The molecule has 1 aromatic heterocycles. The van der Waals surface area contributed by atoms with E-state index in [0.717, 1.165) is 23.8 Å². The van der Waals surface area contributed by atoms with E-state index in [2.05, 4.69) is 0 Å². The van der Waals surface area contributed by atoms with Crippen molar-refractivity contribution in [3.05, 3.63) is 24.0 Å². The maximum absolute atomic E-state index is 12.5. The van der Waals surface area contributed by atoms with Gasteiger partial charge in [0.2, 0.25) is 0 Å². The molecule has 1 aromatic rings. The van der Waals surface area contributed by atoms with E-state index in [1.165, 1.54) is 18.3 Å². The molecule has 0 aromatic carbocycles. The lowest BCUT2D eigenvalue weighted by atomic mass is 10.0. The Hall–Kier alpha value is -1.50. The highest BCUT2D eigenvalue weighted by molar-refractivity contribution is 5.93. The summed E-state index contributed by atoms with van der Waals surface area (Å²) in [6.07, 6.45) is -0.398. The molecule has 7 heteroatoms. The number of hydrogen-bond donors (Lipinski definition) is 1. The zero-order chi connectivity index (χ0) is 14.8. The molecule has 1 saturated heterocycles. The van der Waals surface area contributed by atoms with E-state index in [-0.39, 0.29) is 17.6 Å². The third-order valence-electron chi connectivity index (χ3n) is 3.56. The van der Waals surface area contributed by atoms with Gasteiger partial charge in [-0.15, -0.1) is 0 Å². The van der Waals surface area contributed by atoms with Crippen LogP contribution in [-0.2, 0) is 6.54 Å². The molecule has 0 spiro atoms. The second-order valence-electron chi connectivity index (χ2n) is 5.02. The van der Waals surface area contributed by atoms with Crippen LogP contribution in [0.5, 0.6) is 0 Å². The molecule has 0 aliphatic carbocycles. The van der Waals surface area contributed by atoms with Crippen molar-refractivity contribution in [1.82, 2.24) is 9.47 Å². The molecule has 4 nitrogen and oxygen atoms in total. The van der Waals surface area contributed by atoms with Crippen LogP contribution in [0, 0.1) is 0 Å². The molecule has 0 bridgehead atoms. The summed E-state index contributed by atoms with van der Waals surface area (Å²) in [6, 6.07) is 2.81. The van der Waals surface area contributed by atoms with Crippen LogP contribution in [0.1, 0.15) is 29.8 Å². The molecule has 0 radical (unpaired) electrons. The van der Waals surface area contributed by atoms with Gasteiger partial charge < -0.3 is 15.2 Å². The number of nitrogens with zero attached hydrogens (tertiary/aromatic N) is 2. The average Bonchev–Trinajstić information content (AvgIpc) is 2.83. The van der Waals surface area contributed by atoms with E-state index < -0.39 is 12.7 Å². The lowest BCUT2D eigenvalue weighted by Crippen LogP contribution is -2.48. The molecule has 112 valence electrons. The van der Waals surface area contributed by atoms with Crippen LogP contribution >= 0.6 is 0 Å². The molecule has 1 aliphatic rings. The zero-order valence-electron chi connectivity index (χ0n) is 11.1. The number of alkyl halides is 3. The Bertz CT molecular complexity index is 470. The SMILES string of the molecule is NCC1CCCCN1C(=O)c1cccn1CC(F)(F)F. The van der Waals surface area contributed by atoms with Gasteiger partial charge in [0.05, 0.1) is 0 Å². The first-order valence-electron chi connectivity index (χ1n) is 6.65. The van der Waals surface area contributed by atoms with Crippen LogP contribution in [0.2, 0.25) is 0 Å². The van der Waals surface area contributed by atoms with Crippen molar-refractivity contribution in [1.29, 1.82) is 0 Å². The van der Waals surface area contributed by atoms with Crippen LogP contribution in [0.3, 0.4) is 0 Å². The predicted molar refractivity (Wildman–Crippen MR) is 68.2 cm³/mol. The lowest BCUT2D eigenvalue weighted by molar-refractivity contribution is -0.140. The molecule has 1 amide bonds. The van der Waals surface area contributed by atoms with Crippen LogP contribution < -0.4 is 5.73 Å². The monoisotopic (exact) mass is 289 g/mol. The number of piperidine rings is 1. The highest BCUT2D eigenvalue weighted by Gasteiger charge is 2.32.